The Morgan fingerprint density at radius 2 is 1.77 bits per heavy atom. The van der Waals surface area contributed by atoms with Crippen molar-refractivity contribution in [3.05, 3.63) is 88.1 Å². The average Bonchev–Trinajstić information content (AvgIpc) is 3.89. The van der Waals surface area contributed by atoms with Gasteiger partial charge in [0.05, 0.1) is 17.4 Å². The van der Waals surface area contributed by atoms with E-state index in [1.165, 1.54) is 18.1 Å². The maximum Gasteiger partial charge on any atom is 0.193 e. The molecule has 224 valence electrons. The summed E-state index contributed by atoms with van der Waals surface area (Å²) in [6.45, 7) is 6.67. The summed E-state index contributed by atoms with van der Waals surface area (Å²) in [5.74, 6) is 0.593. The molecule has 2 saturated heterocycles. The molecule has 0 bridgehead atoms. The number of anilines is 2. The molecule has 3 aromatic heterocycles. The topological polar surface area (TPSA) is 70.4 Å². The Morgan fingerprint density at radius 3 is 2.53 bits per heavy atom. The van der Waals surface area contributed by atoms with Crippen LogP contribution in [0.15, 0.2) is 60.0 Å². The van der Waals surface area contributed by atoms with E-state index in [1.807, 2.05) is 25.4 Å². The fourth-order valence-electron chi connectivity index (χ4n) is 6.95. The summed E-state index contributed by atoms with van der Waals surface area (Å²) in [5.41, 5.74) is 4.31. The first kappa shape index (κ1) is 28.0. The van der Waals surface area contributed by atoms with Crippen LogP contribution in [0.1, 0.15) is 67.8 Å². The van der Waals surface area contributed by atoms with Crippen molar-refractivity contribution in [1.82, 2.24) is 24.4 Å². The maximum atomic E-state index is 15.6. The molecule has 0 N–H and O–H groups in total. The van der Waals surface area contributed by atoms with Gasteiger partial charge in [-0.05, 0) is 81.7 Å². The van der Waals surface area contributed by atoms with Gasteiger partial charge in [-0.2, -0.15) is 0 Å². The summed E-state index contributed by atoms with van der Waals surface area (Å²) in [5, 5.41) is 0.493. The quantitative estimate of drug-likeness (QED) is 0.267. The second-order valence-corrected chi connectivity index (χ2v) is 12.5. The first-order valence-electron chi connectivity index (χ1n) is 15.8. The zero-order valence-corrected chi connectivity index (χ0v) is 25.0. The van der Waals surface area contributed by atoms with Crippen molar-refractivity contribution in [3.8, 4) is 0 Å². The van der Waals surface area contributed by atoms with Crippen molar-refractivity contribution in [2.24, 2.45) is 0 Å². The van der Waals surface area contributed by atoms with E-state index in [1.54, 1.807) is 12.4 Å². The highest BCUT2D eigenvalue weighted by Gasteiger charge is 2.30. The minimum atomic E-state index is -0.290. The molecule has 1 aliphatic carbocycles. The Kier molecular flexibility index (Phi) is 7.82. The largest absolute Gasteiger partial charge is 0.369 e. The third-order valence-electron chi connectivity index (χ3n) is 9.32. The first-order chi connectivity index (χ1) is 21.0. The van der Waals surface area contributed by atoms with Crippen molar-refractivity contribution >= 4 is 22.4 Å². The van der Waals surface area contributed by atoms with Crippen molar-refractivity contribution in [3.63, 3.8) is 0 Å². The van der Waals surface area contributed by atoms with Gasteiger partial charge in [-0.15, -0.1) is 0 Å². The predicted molar refractivity (Wildman–Crippen MR) is 168 cm³/mol. The summed E-state index contributed by atoms with van der Waals surface area (Å²) < 4.78 is 17.9. The highest BCUT2D eigenvalue weighted by molar-refractivity contribution is 5.84. The van der Waals surface area contributed by atoms with Crippen LogP contribution < -0.4 is 15.2 Å². The summed E-state index contributed by atoms with van der Waals surface area (Å²) in [6, 6.07) is 8.21. The number of fused-ring (bicyclic) bond motifs is 1. The van der Waals surface area contributed by atoms with E-state index < -0.39 is 0 Å². The van der Waals surface area contributed by atoms with E-state index in [2.05, 4.69) is 52.5 Å². The molecule has 1 saturated carbocycles. The lowest BCUT2D eigenvalue weighted by Gasteiger charge is -2.40. The van der Waals surface area contributed by atoms with Crippen LogP contribution in [0.5, 0.6) is 0 Å². The van der Waals surface area contributed by atoms with Gasteiger partial charge < -0.3 is 14.4 Å². The number of aryl methyl sites for hydroxylation is 1. The highest BCUT2D eigenvalue weighted by Crippen LogP contribution is 2.38. The fraction of sp³-hybridized carbons (Fsp3) is 0.471. The molecule has 8 nitrogen and oxygen atoms in total. The monoisotopic (exact) mass is 581 g/mol. The molecule has 2 aliphatic heterocycles. The Balaban J connectivity index is 1.25. The van der Waals surface area contributed by atoms with Gasteiger partial charge in [-0.3, -0.25) is 19.7 Å². The lowest BCUT2D eigenvalue weighted by atomic mass is 10.0. The van der Waals surface area contributed by atoms with Gasteiger partial charge in [0, 0.05) is 92.8 Å². The van der Waals surface area contributed by atoms with Crippen LogP contribution in [0.25, 0.3) is 10.9 Å². The van der Waals surface area contributed by atoms with Gasteiger partial charge in [0.1, 0.15) is 11.6 Å². The Bertz CT molecular complexity index is 1650. The normalized spacial score (nSPS) is 19.4. The van der Waals surface area contributed by atoms with Gasteiger partial charge in [0.25, 0.3) is 0 Å². The smallest absolute Gasteiger partial charge is 0.193 e. The van der Waals surface area contributed by atoms with Crippen molar-refractivity contribution in [2.45, 2.75) is 77.0 Å². The second-order valence-electron chi connectivity index (χ2n) is 12.5. The molecule has 0 amide bonds. The number of rotatable bonds is 8. The fourth-order valence-corrected chi connectivity index (χ4v) is 6.95. The van der Waals surface area contributed by atoms with Crippen LogP contribution in [0, 0.1) is 12.7 Å². The number of hydrogen-bond acceptors (Lipinski definition) is 7. The van der Waals surface area contributed by atoms with Crippen LogP contribution in [-0.2, 0) is 13.1 Å². The van der Waals surface area contributed by atoms with Crippen molar-refractivity contribution in [2.75, 3.05) is 36.0 Å². The summed E-state index contributed by atoms with van der Waals surface area (Å²) in [4.78, 5) is 34.2. The number of halogens is 1. The molecule has 5 heterocycles. The van der Waals surface area contributed by atoms with Gasteiger partial charge in [-0.25, -0.2) is 9.37 Å². The Labute approximate surface area is 252 Å². The average molecular weight is 582 g/mol. The minimum Gasteiger partial charge on any atom is -0.369 e. The van der Waals surface area contributed by atoms with Crippen molar-refractivity contribution < 1.29 is 4.39 Å². The van der Waals surface area contributed by atoms with Crippen LogP contribution in [0.4, 0.5) is 15.9 Å². The van der Waals surface area contributed by atoms with E-state index in [9.17, 15) is 4.79 Å². The Hall–Kier alpha value is -3.85. The highest BCUT2D eigenvalue weighted by atomic mass is 19.1. The zero-order chi connectivity index (χ0) is 29.3. The summed E-state index contributed by atoms with van der Waals surface area (Å²) in [7, 11) is 0. The molecule has 0 radical (unpaired) electrons. The van der Waals surface area contributed by atoms with E-state index in [0.29, 0.717) is 30.2 Å². The van der Waals surface area contributed by atoms with Crippen LogP contribution in [0.3, 0.4) is 0 Å². The van der Waals surface area contributed by atoms with Crippen LogP contribution in [-0.4, -0.2) is 56.6 Å². The van der Waals surface area contributed by atoms with Gasteiger partial charge in [0.15, 0.2) is 5.43 Å². The second kappa shape index (κ2) is 12.0. The lowest BCUT2D eigenvalue weighted by Crippen LogP contribution is -2.48. The Morgan fingerprint density at radius 1 is 0.930 bits per heavy atom. The molecule has 1 aromatic carbocycles. The predicted octanol–water partition coefficient (Wildman–Crippen LogP) is 5.63. The van der Waals surface area contributed by atoms with Crippen molar-refractivity contribution in [1.29, 1.82) is 0 Å². The maximum absolute atomic E-state index is 15.6. The van der Waals surface area contributed by atoms with Crippen LogP contribution in [0.2, 0.25) is 0 Å². The number of benzene rings is 1. The van der Waals surface area contributed by atoms with E-state index in [4.69, 9.17) is 0 Å². The molecule has 1 atom stereocenters. The molecule has 43 heavy (non-hydrogen) atoms. The zero-order valence-electron chi connectivity index (χ0n) is 25.0. The standard InChI is InChI=1S/C34H40FN7O/c1-24-16-25(9-10-37-24)20-41(28-6-5-15-40(23-28)33-19-36-11-12-38-33)21-26-22-42(27-7-8-27)31-18-32(39-13-3-2-4-14-39)30(35)17-29(31)34(26)43/h9-12,16-19,22,27-28H,2-8,13-15,20-21,23H2,1H3. The number of pyridine rings is 2. The molecular weight excluding hydrogens is 541 g/mol. The molecule has 3 aliphatic rings. The van der Waals surface area contributed by atoms with Gasteiger partial charge in [-0.1, -0.05) is 0 Å². The molecule has 0 spiro atoms. The van der Waals surface area contributed by atoms with E-state index in [0.717, 1.165) is 87.3 Å². The minimum absolute atomic E-state index is 0.0616. The summed E-state index contributed by atoms with van der Waals surface area (Å²) >= 11 is 0. The number of hydrogen-bond donors (Lipinski definition) is 0. The molecule has 1 unspecified atom stereocenters. The third kappa shape index (κ3) is 6.00. The molecule has 9 heteroatoms. The number of nitrogens with zero attached hydrogens (tertiary/aromatic N) is 7. The number of aromatic nitrogens is 4. The molecule has 3 fully saturated rings. The first-order valence-corrected chi connectivity index (χ1v) is 15.8. The van der Waals surface area contributed by atoms with Crippen LogP contribution >= 0.6 is 0 Å². The molecule has 7 rings (SSSR count). The summed E-state index contributed by atoms with van der Waals surface area (Å²) in [6.07, 6.45) is 16.8. The van der Waals surface area contributed by atoms with Gasteiger partial charge >= 0.3 is 0 Å². The SMILES string of the molecule is Cc1cc(CN(Cc2cn(C3CC3)c3cc(N4CCCCC4)c(F)cc3c2=O)C2CCCN(c3cnccn3)C2)ccn1. The molecular formula is C34H40FN7O. The lowest BCUT2D eigenvalue weighted by molar-refractivity contribution is 0.158. The van der Waals surface area contributed by atoms with E-state index >= 15 is 4.39 Å². The third-order valence-corrected chi connectivity index (χ3v) is 9.32. The number of piperidine rings is 2. The molecule has 4 aromatic rings. The van der Waals surface area contributed by atoms with Gasteiger partial charge in [0.2, 0.25) is 0 Å². The van der Waals surface area contributed by atoms with E-state index in [-0.39, 0.29) is 17.3 Å².